The number of benzene rings is 1. The second-order valence-corrected chi connectivity index (χ2v) is 6.85. The summed E-state index contributed by atoms with van der Waals surface area (Å²) in [4.78, 5) is 28.3. The maximum absolute atomic E-state index is 12.7. The zero-order chi connectivity index (χ0) is 17.3. The number of nitrogens with one attached hydrogen (secondary N) is 1. The monoisotopic (exact) mass is 366 g/mol. The van der Waals surface area contributed by atoms with E-state index in [4.69, 9.17) is 5.73 Å². The Balaban J connectivity index is 0.00000225. The molecule has 2 amide bonds. The Kier molecular flexibility index (Phi) is 6.16. The molecule has 0 spiro atoms. The van der Waals surface area contributed by atoms with Crippen LogP contribution < -0.4 is 16.0 Å². The SMILES string of the molecule is CC(C(=O)N(C)CC(=O)NC1CC1)N1CCCc2c(N)cccc21.Cl. The highest BCUT2D eigenvalue weighted by atomic mass is 35.5. The number of amides is 2. The second-order valence-electron chi connectivity index (χ2n) is 6.85. The second kappa shape index (κ2) is 7.95. The molecule has 3 N–H and O–H groups in total. The van der Waals surface area contributed by atoms with E-state index in [1.165, 1.54) is 4.90 Å². The van der Waals surface area contributed by atoms with Gasteiger partial charge in [0.1, 0.15) is 6.04 Å². The number of anilines is 2. The molecule has 6 nitrogen and oxygen atoms in total. The molecule has 1 aliphatic heterocycles. The lowest BCUT2D eigenvalue weighted by Crippen LogP contribution is -2.50. The lowest BCUT2D eigenvalue weighted by atomic mass is 9.98. The van der Waals surface area contributed by atoms with Crippen LogP contribution in [0.4, 0.5) is 11.4 Å². The van der Waals surface area contributed by atoms with Gasteiger partial charge in [0.25, 0.3) is 0 Å². The van der Waals surface area contributed by atoms with Crippen molar-refractivity contribution in [2.24, 2.45) is 0 Å². The number of fused-ring (bicyclic) bond motifs is 1. The Hall–Kier alpha value is -1.95. The number of likely N-dealkylation sites (N-methyl/N-ethyl adjacent to an activating group) is 1. The molecule has 0 saturated heterocycles. The molecule has 1 aromatic rings. The van der Waals surface area contributed by atoms with Gasteiger partial charge < -0.3 is 20.9 Å². The van der Waals surface area contributed by atoms with Crippen LogP contribution in [0, 0.1) is 0 Å². The molecule has 1 fully saturated rings. The zero-order valence-corrected chi connectivity index (χ0v) is 15.6. The number of halogens is 1. The van der Waals surface area contributed by atoms with Crippen molar-refractivity contribution < 1.29 is 9.59 Å². The smallest absolute Gasteiger partial charge is 0.245 e. The van der Waals surface area contributed by atoms with Crippen LogP contribution in [0.3, 0.4) is 0 Å². The molecule has 1 heterocycles. The first-order valence-electron chi connectivity index (χ1n) is 8.65. The maximum atomic E-state index is 12.7. The van der Waals surface area contributed by atoms with Gasteiger partial charge in [-0.3, -0.25) is 9.59 Å². The topological polar surface area (TPSA) is 78.7 Å². The third kappa shape index (κ3) is 4.37. The van der Waals surface area contributed by atoms with Gasteiger partial charge in [-0.2, -0.15) is 0 Å². The molecule has 138 valence electrons. The van der Waals surface area contributed by atoms with Gasteiger partial charge in [-0.1, -0.05) is 6.07 Å². The van der Waals surface area contributed by atoms with Gasteiger partial charge in [0.05, 0.1) is 6.54 Å². The first-order chi connectivity index (χ1) is 11.5. The van der Waals surface area contributed by atoms with Gasteiger partial charge in [-0.15, -0.1) is 12.4 Å². The van der Waals surface area contributed by atoms with Gasteiger partial charge in [0.15, 0.2) is 0 Å². The summed E-state index contributed by atoms with van der Waals surface area (Å²) >= 11 is 0. The molecular formula is C18H27ClN4O2. The number of carbonyl (C=O) groups is 2. The highest BCUT2D eigenvalue weighted by molar-refractivity contribution is 5.89. The molecular weight excluding hydrogens is 340 g/mol. The Morgan fingerprint density at radius 1 is 1.40 bits per heavy atom. The summed E-state index contributed by atoms with van der Waals surface area (Å²) in [5, 5.41) is 2.92. The van der Waals surface area contributed by atoms with E-state index in [-0.39, 0.29) is 36.8 Å². The number of hydrogen-bond acceptors (Lipinski definition) is 4. The van der Waals surface area contributed by atoms with Crippen LogP contribution in [0.25, 0.3) is 0 Å². The zero-order valence-electron chi connectivity index (χ0n) is 14.8. The number of carbonyl (C=O) groups excluding carboxylic acids is 2. The predicted molar refractivity (Wildman–Crippen MR) is 102 cm³/mol. The van der Waals surface area contributed by atoms with Crippen LogP contribution in [-0.4, -0.2) is 48.9 Å². The Labute approximate surface area is 155 Å². The molecule has 1 aliphatic carbocycles. The number of nitrogens with zero attached hydrogens (tertiary/aromatic N) is 2. The van der Waals surface area contributed by atoms with E-state index >= 15 is 0 Å². The predicted octanol–water partition coefficient (Wildman–Crippen LogP) is 1.57. The van der Waals surface area contributed by atoms with Crippen LogP contribution in [-0.2, 0) is 16.0 Å². The largest absolute Gasteiger partial charge is 0.398 e. The number of nitrogen functional groups attached to an aromatic ring is 1. The lowest BCUT2D eigenvalue weighted by Gasteiger charge is -2.37. The third-order valence-electron chi connectivity index (χ3n) is 4.85. The summed E-state index contributed by atoms with van der Waals surface area (Å²) < 4.78 is 0. The van der Waals surface area contributed by atoms with Crippen LogP contribution in [0.1, 0.15) is 31.7 Å². The maximum Gasteiger partial charge on any atom is 0.245 e. The molecule has 0 radical (unpaired) electrons. The van der Waals surface area contributed by atoms with Gasteiger partial charge in [0, 0.05) is 31.0 Å². The molecule has 25 heavy (non-hydrogen) atoms. The number of nitrogens with two attached hydrogens (primary N) is 1. The molecule has 2 aliphatic rings. The third-order valence-corrected chi connectivity index (χ3v) is 4.85. The fraction of sp³-hybridized carbons (Fsp3) is 0.556. The Morgan fingerprint density at radius 2 is 2.12 bits per heavy atom. The van der Waals surface area contributed by atoms with Crippen molar-refractivity contribution >= 4 is 35.6 Å². The summed E-state index contributed by atoms with van der Waals surface area (Å²) in [5.41, 5.74) is 9.03. The van der Waals surface area contributed by atoms with E-state index in [0.29, 0.717) is 6.04 Å². The molecule has 7 heteroatoms. The van der Waals surface area contributed by atoms with Crippen molar-refractivity contribution in [3.05, 3.63) is 23.8 Å². The normalized spacial score (nSPS) is 17.1. The van der Waals surface area contributed by atoms with E-state index in [0.717, 1.165) is 49.2 Å². The summed E-state index contributed by atoms with van der Waals surface area (Å²) in [6.45, 7) is 2.83. The van der Waals surface area contributed by atoms with Crippen molar-refractivity contribution in [2.45, 2.75) is 44.7 Å². The van der Waals surface area contributed by atoms with Crippen molar-refractivity contribution in [3.63, 3.8) is 0 Å². The van der Waals surface area contributed by atoms with Crippen LogP contribution in [0.5, 0.6) is 0 Å². The summed E-state index contributed by atoms with van der Waals surface area (Å²) in [6, 6.07) is 5.86. The highest BCUT2D eigenvalue weighted by Crippen LogP contribution is 2.32. The van der Waals surface area contributed by atoms with Gasteiger partial charge >= 0.3 is 0 Å². The molecule has 1 saturated carbocycles. The molecule has 3 rings (SSSR count). The minimum Gasteiger partial charge on any atom is -0.398 e. The summed E-state index contributed by atoms with van der Waals surface area (Å²) in [7, 11) is 1.69. The molecule has 1 unspecified atom stereocenters. The van der Waals surface area contributed by atoms with E-state index in [2.05, 4.69) is 10.2 Å². The first-order valence-corrected chi connectivity index (χ1v) is 8.65. The molecule has 0 aromatic heterocycles. The van der Waals surface area contributed by atoms with Gasteiger partial charge in [-0.05, 0) is 50.3 Å². The molecule has 1 atom stereocenters. The van der Waals surface area contributed by atoms with Crippen molar-refractivity contribution in [3.8, 4) is 0 Å². The average molecular weight is 367 g/mol. The van der Waals surface area contributed by atoms with Crippen molar-refractivity contribution in [1.82, 2.24) is 10.2 Å². The van der Waals surface area contributed by atoms with Gasteiger partial charge in [-0.25, -0.2) is 0 Å². The van der Waals surface area contributed by atoms with E-state index < -0.39 is 0 Å². The molecule has 0 bridgehead atoms. The number of rotatable bonds is 5. The van der Waals surface area contributed by atoms with Crippen molar-refractivity contribution in [1.29, 1.82) is 0 Å². The Bertz CT molecular complexity index is 648. The lowest BCUT2D eigenvalue weighted by molar-refractivity contribution is -0.135. The van der Waals surface area contributed by atoms with Crippen LogP contribution in [0.2, 0.25) is 0 Å². The average Bonchev–Trinajstić information content (AvgIpc) is 3.37. The summed E-state index contributed by atoms with van der Waals surface area (Å²) in [5.74, 6) is -0.125. The van der Waals surface area contributed by atoms with E-state index in [1.807, 2.05) is 25.1 Å². The highest BCUT2D eigenvalue weighted by Gasteiger charge is 2.30. The standard InChI is InChI=1S/C18H26N4O2.ClH/c1-12(18(24)21(2)11-17(23)20-13-8-9-13)22-10-4-5-14-15(19)6-3-7-16(14)22;/h3,6-7,12-13H,4-5,8-11,19H2,1-2H3,(H,20,23);1H. The quantitative estimate of drug-likeness (QED) is 0.775. The number of hydrogen-bond donors (Lipinski definition) is 2. The van der Waals surface area contributed by atoms with Crippen LogP contribution in [0.15, 0.2) is 18.2 Å². The van der Waals surface area contributed by atoms with E-state index in [9.17, 15) is 9.59 Å². The van der Waals surface area contributed by atoms with Crippen LogP contribution >= 0.6 is 12.4 Å². The minimum absolute atomic E-state index is 0. The fourth-order valence-electron chi connectivity index (χ4n) is 3.33. The first kappa shape index (κ1) is 19.4. The summed E-state index contributed by atoms with van der Waals surface area (Å²) in [6.07, 6.45) is 4.02. The Morgan fingerprint density at radius 3 is 2.80 bits per heavy atom. The molecule has 1 aromatic carbocycles. The van der Waals surface area contributed by atoms with E-state index in [1.54, 1.807) is 7.05 Å². The fourth-order valence-corrected chi connectivity index (χ4v) is 3.33. The minimum atomic E-state index is -0.315. The van der Waals surface area contributed by atoms with Crippen molar-refractivity contribution in [2.75, 3.05) is 30.8 Å². The van der Waals surface area contributed by atoms with Gasteiger partial charge in [0.2, 0.25) is 11.8 Å².